The number of esters is 1. The predicted octanol–water partition coefficient (Wildman–Crippen LogP) is 5.57. The number of carbonyl (C=O) groups is 1. The number of fused-ring (bicyclic) bond motifs is 2. The number of pyridine rings is 1. The standard InChI is InChI=1S/C31H34ClN3O4.C2H3N/c1-31(2,37)21-8-13-29-26(18-21)24(25-6-4-14-33-27(25)20-39-29)7-5-15-34-16-17-35(28(19-34)30(36)38-3)23-11-9-22(32)10-12-23;1-2-3/h4,6-14,18,28,37H,5,15-17,19-20H2,1-3H3;1H3. The molecule has 1 saturated heterocycles. The van der Waals surface area contributed by atoms with Crippen LogP contribution in [0.25, 0.3) is 5.57 Å². The first kappa shape index (κ1) is 31.0. The molecule has 8 nitrogen and oxygen atoms in total. The zero-order valence-corrected chi connectivity index (χ0v) is 25.3. The molecule has 2 aromatic carbocycles. The number of piperazine rings is 1. The van der Waals surface area contributed by atoms with Crippen molar-refractivity contribution in [1.29, 1.82) is 5.26 Å². The van der Waals surface area contributed by atoms with E-state index in [1.54, 1.807) is 26.1 Å². The highest BCUT2D eigenvalue weighted by molar-refractivity contribution is 6.30. The minimum Gasteiger partial charge on any atom is -0.487 e. The molecule has 0 spiro atoms. The molecule has 1 unspecified atom stereocenters. The summed E-state index contributed by atoms with van der Waals surface area (Å²) >= 11 is 6.08. The van der Waals surface area contributed by atoms with Gasteiger partial charge in [-0.1, -0.05) is 29.8 Å². The predicted molar refractivity (Wildman–Crippen MR) is 164 cm³/mol. The molecule has 2 aliphatic heterocycles. The summed E-state index contributed by atoms with van der Waals surface area (Å²) in [5, 5.41) is 18.7. The Morgan fingerprint density at radius 3 is 2.64 bits per heavy atom. The fraction of sp³-hybridized carbons (Fsp3) is 0.364. The minimum absolute atomic E-state index is 0.248. The van der Waals surface area contributed by atoms with Gasteiger partial charge in [0.2, 0.25) is 0 Å². The third kappa shape index (κ3) is 7.29. The SMILES string of the molecule is CC#N.COC(=O)C1CN(CCC=C2c3cc(C(C)(C)O)ccc3OCc3ncccc32)CCN1c1ccc(Cl)cc1. The van der Waals surface area contributed by atoms with Crippen molar-refractivity contribution in [1.82, 2.24) is 9.88 Å². The molecule has 220 valence electrons. The first-order chi connectivity index (χ1) is 20.2. The molecule has 1 aromatic heterocycles. The van der Waals surface area contributed by atoms with Crippen molar-refractivity contribution in [3.63, 3.8) is 0 Å². The van der Waals surface area contributed by atoms with Gasteiger partial charge in [-0.05, 0) is 73.9 Å². The lowest BCUT2D eigenvalue weighted by Crippen LogP contribution is -2.57. The number of nitriles is 1. The van der Waals surface area contributed by atoms with Crippen LogP contribution >= 0.6 is 11.6 Å². The van der Waals surface area contributed by atoms with Crippen molar-refractivity contribution in [3.8, 4) is 11.8 Å². The number of nitrogens with zero attached hydrogens (tertiary/aromatic N) is 4. The molecular formula is C33H37ClN4O4. The second kappa shape index (κ2) is 13.8. The topological polar surface area (TPSA) is 98.9 Å². The second-order valence-electron chi connectivity index (χ2n) is 10.7. The molecule has 1 atom stereocenters. The Hall–Kier alpha value is -3.90. The van der Waals surface area contributed by atoms with E-state index in [4.69, 9.17) is 26.3 Å². The quantitative estimate of drug-likeness (QED) is 0.373. The van der Waals surface area contributed by atoms with E-state index in [9.17, 15) is 9.90 Å². The van der Waals surface area contributed by atoms with Crippen molar-refractivity contribution in [2.45, 2.75) is 45.4 Å². The van der Waals surface area contributed by atoms with Crippen LogP contribution in [0.15, 0.2) is 66.9 Å². The maximum atomic E-state index is 12.7. The van der Waals surface area contributed by atoms with Gasteiger partial charge in [-0.25, -0.2) is 4.79 Å². The van der Waals surface area contributed by atoms with Gasteiger partial charge in [0.05, 0.1) is 24.5 Å². The van der Waals surface area contributed by atoms with E-state index in [0.717, 1.165) is 58.9 Å². The lowest BCUT2D eigenvalue weighted by Gasteiger charge is -2.41. The van der Waals surface area contributed by atoms with E-state index in [-0.39, 0.29) is 5.97 Å². The van der Waals surface area contributed by atoms with E-state index in [0.29, 0.717) is 24.7 Å². The molecule has 2 aliphatic rings. The number of aromatic nitrogens is 1. The van der Waals surface area contributed by atoms with E-state index >= 15 is 0 Å². The number of hydrogen-bond acceptors (Lipinski definition) is 8. The Morgan fingerprint density at radius 1 is 1.21 bits per heavy atom. The maximum Gasteiger partial charge on any atom is 0.329 e. The summed E-state index contributed by atoms with van der Waals surface area (Å²) in [4.78, 5) is 21.7. The third-order valence-electron chi connectivity index (χ3n) is 7.41. The monoisotopic (exact) mass is 588 g/mol. The molecule has 0 aliphatic carbocycles. The number of aliphatic hydroxyl groups is 1. The Kier molecular flexibility index (Phi) is 10.2. The van der Waals surface area contributed by atoms with Gasteiger partial charge in [0.25, 0.3) is 0 Å². The second-order valence-corrected chi connectivity index (χ2v) is 11.1. The molecule has 9 heteroatoms. The average molecular weight is 589 g/mol. The van der Waals surface area contributed by atoms with Crippen molar-refractivity contribution < 1.29 is 19.4 Å². The van der Waals surface area contributed by atoms with Gasteiger partial charge in [0.15, 0.2) is 0 Å². The van der Waals surface area contributed by atoms with Crippen LogP contribution in [0.1, 0.15) is 49.6 Å². The number of ether oxygens (including phenoxy) is 2. The van der Waals surface area contributed by atoms with Crippen LogP contribution in [0, 0.1) is 11.3 Å². The Labute approximate surface area is 252 Å². The fourth-order valence-electron chi connectivity index (χ4n) is 5.27. The molecule has 0 amide bonds. The average Bonchev–Trinajstić information content (AvgIpc) is 3.14. The summed E-state index contributed by atoms with van der Waals surface area (Å²) in [5.74, 6) is 0.525. The summed E-state index contributed by atoms with van der Waals surface area (Å²) in [6, 6.07) is 18.8. The number of hydrogen-bond donors (Lipinski definition) is 1. The zero-order valence-electron chi connectivity index (χ0n) is 24.5. The van der Waals surface area contributed by atoms with E-state index in [2.05, 4.69) is 26.9 Å². The van der Waals surface area contributed by atoms with Gasteiger partial charge >= 0.3 is 5.97 Å². The summed E-state index contributed by atoms with van der Waals surface area (Å²) in [6.07, 6.45) is 4.77. The van der Waals surface area contributed by atoms with Crippen LogP contribution in [0.4, 0.5) is 5.69 Å². The van der Waals surface area contributed by atoms with Gasteiger partial charge in [0, 0.05) is 61.1 Å². The molecule has 1 fully saturated rings. The molecule has 0 bridgehead atoms. The number of carbonyl (C=O) groups excluding carboxylic acids is 1. The van der Waals surface area contributed by atoms with E-state index < -0.39 is 11.6 Å². The maximum absolute atomic E-state index is 12.7. The highest BCUT2D eigenvalue weighted by Crippen LogP contribution is 2.38. The molecule has 1 N–H and O–H groups in total. The van der Waals surface area contributed by atoms with Crippen LogP contribution in [-0.2, 0) is 21.7 Å². The van der Waals surface area contributed by atoms with Crippen molar-refractivity contribution in [3.05, 3.63) is 94.3 Å². The Bertz CT molecular complexity index is 1460. The number of anilines is 1. The lowest BCUT2D eigenvalue weighted by atomic mass is 9.90. The van der Waals surface area contributed by atoms with Gasteiger partial charge in [-0.3, -0.25) is 9.88 Å². The Morgan fingerprint density at radius 2 is 1.95 bits per heavy atom. The van der Waals surface area contributed by atoms with Gasteiger partial charge in [-0.15, -0.1) is 0 Å². The highest BCUT2D eigenvalue weighted by atomic mass is 35.5. The van der Waals surface area contributed by atoms with Crippen LogP contribution in [0.2, 0.25) is 5.02 Å². The van der Waals surface area contributed by atoms with Crippen LogP contribution in [0.5, 0.6) is 5.75 Å². The van der Waals surface area contributed by atoms with Gasteiger partial charge in [-0.2, -0.15) is 5.26 Å². The highest BCUT2D eigenvalue weighted by Gasteiger charge is 2.33. The number of methoxy groups -OCH3 is 1. The van der Waals surface area contributed by atoms with E-state index in [1.807, 2.05) is 48.5 Å². The number of benzene rings is 2. The molecule has 42 heavy (non-hydrogen) atoms. The zero-order chi connectivity index (χ0) is 30.3. The van der Waals surface area contributed by atoms with E-state index in [1.165, 1.54) is 14.0 Å². The van der Waals surface area contributed by atoms with Gasteiger partial charge < -0.3 is 19.5 Å². The molecule has 0 saturated carbocycles. The minimum atomic E-state index is -0.975. The summed E-state index contributed by atoms with van der Waals surface area (Å²) in [6.45, 7) is 8.26. The number of rotatable bonds is 6. The summed E-state index contributed by atoms with van der Waals surface area (Å²) < 4.78 is 11.3. The van der Waals surface area contributed by atoms with Gasteiger partial charge in [0.1, 0.15) is 18.4 Å². The normalized spacial score (nSPS) is 17.5. The first-order valence-electron chi connectivity index (χ1n) is 13.9. The largest absolute Gasteiger partial charge is 0.487 e. The summed E-state index contributed by atoms with van der Waals surface area (Å²) in [5.41, 5.74) is 4.70. The van der Waals surface area contributed by atoms with Crippen molar-refractivity contribution in [2.75, 3.05) is 38.2 Å². The third-order valence-corrected chi connectivity index (χ3v) is 7.66. The van der Waals surface area contributed by atoms with Crippen LogP contribution in [0.3, 0.4) is 0 Å². The van der Waals surface area contributed by atoms with Crippen molar-refractivity contribution in [2.24, 2.45) is 0 Å². The molecule has 3 heterocycles. The van der Waals surface area contributed by atoms with Crippen LogP contribution in [-0.4, -0.2) is 60.3 Å². The lowest BCUT2D eigenvalue weighted by molar-refractivity contribution is -0.143. The molecule has 3 aromatic rings. The fourth-order valence-corrected chi connectivity index (χ4v) is 5.40. The molecule has 5 rings (SSSR count). The van der Waals surface area contributed by atoms with Crippen molar-refractivity contribution >= 4 is 28.8 Å². The number of halogens is 1. The first-order valence-corrected chi connectivity index (χ1v) is 14.3. The summed E-state index contributed by atoms with van der Waals surface area (Å²) in [7, 11) is 1.44. The Balaban J connectivity index is 0.00000129. The molecular weight excluding hydrogens is 552 g/mol. The molecule has 0 radical (unpaired) electrons. The smallest absolute Gasteiger partial charge is 0.329 e. The van der Waals surface area contributed by atoms with Crippen LogP contribution < -0.4 is 9.64 Å².